The molecule has 1 rings (SSSR count). The second kappa shape index (κ2) is 5.96. The molecule has 4 N–H and O–H groups in total. The van der Waals surface area contributed by atoms with Gasteiger partial charge in [0.1, 0.15) is 0 Å². The van der Waals surface area contributed by atoms with E-state index in [0.717, 1.165) is 26.2 Å². The van der Waals surface area contributed by atoms with Crippen molar-refractivity contribution in [2.45, 2.75) is 19.4 Å². The number of carbonyl (C=O) groups is 1. The van der Waals surface area contributed by atoms with Gasteiger partial charge in [-0.05, 0) is 13.8 Å². The lowest BCUT2D eigenvalue weighted by Gasteiger charge is -2.39. The number of piperazine rings is 1. The van der Waals surface area contributed by atoms with Crippen molar-refractivity contribution in [2.75, 3.05) is 38.5 Å². The summed E-state index contributed by atoms with van der Waals surface area (Å²) in [7, 11) is -3.53. The van der Waals surface area contributed by atoms with Crippen molar-refractivity contribution in [3.05, 3.63) is 0 Å². The number of amides is 1. The molecule has 0 unspecified atom stereocenters. The smallest absolute Gasteiger partial charge is 0.239 e. The average molecular weight is 278 g/mol. The van der Waals surface area contributed by atoms with Gasteiger partial charge in [-0.3, -0.25) is 9.69 Å². The van der Waals surface area contributed by atoms with E-state index in [9.17, 15) is 13.2 Å². The van der Waals surface area contributed by atoms with Crippen LogP contribution >= 0.6 is 0 Å². The molecule has 1 aliphatic heterocycles. The van der Waals surface area contributed by atoms with E-state index in [0.29, 0.717) is 0 Å². The Morgan fingerprint density at radius 1 is 1.39 bits per heavy atom. The van der Waals surface area contributed by atoms with E-state index < -0.39 is 15.6 Å². The van der Waals surface area contributed by atoms with Gasteiger partial charge in [0.15, 0.2) is 0 Å². The molecule has 0 radical (unpaired) electrons. The van der Waals surface area contributed by atoms with Crippen LogP contribution in [0.3, 0.4) is 0 Å². The van der Waals surface area contributed by atoms with Crippen molar-refractivity contribution in [1.29, 1.82) is 0 Å². The highest BCUT2D eigenvalue weighted by Crippen LogP contribution is 2.14. The lowest BCUT2D eigenvalue weighted by atomic mass is 10.0. The Bertz CT molecular complexity index is 388. The molecule has 106 valence electrons. The van der Waals surface area contributed by atoms with Gasteiger partial charge in [0, 0.05) is 32.7 Å². The summed E-state index contributed by atoms with van der Waals surface area (Å²) in [5.74, 6) is -0.413. The number of hydrogen-bond donors (Lipinski definition) is 3. The number of nitrogens with one attached hydrogen (secondary N) is 2. The lowest BCUT2D eigenvalue weighted by Crippen LogP contribution is -2.60. The second-order valence-electron chi connectivity index (χ2n) is 4.92. The number of sulfonamides is 1. The highest BCUT2D eigenvalue weighted by Gasteiger charge is 2.34. The zero-order chi connectivity index (χ0) is 13.8. The number of carbonyl (C=O) groups excluding carboxylic acids is 1. The molecule has 0 spiro atoms. The first-order valence-corrected chi connectivity index (χ1v) is 7.69. The van der Waals surface area contributed by atoms with Crippen LogP contribution in [-0.2, 0) is 14.8 Å². The van der Waals surface area contributed by atoms with Crippen LogP contribution in [0.2, 0.25) is 0 Å². The van der Waals surface area contributed by atoms with Crippen molar-refractivity contribution in [1.82, 2.24) is 15.5 Å². The van der Waals surface area contributed by atoms with Crippen molar-refractivity contribution >= 4 is 15.9 Å². The van der Waals surface area contributed by atoms with Crippen LogP contribution in [0, 0.1) is 0 Å². The van der Waals surface area contributed by atoms with Crippen LogP contribution in [0.15, 0.2) is 0 Å². The van der Waals surface area contributed by atoms with Gasteiger partial charge in [0.25, 0.3) is 0 Å². The number of hydrogen-bond acceptors (Lipinski definition) is 5. The molecule has 0 aromatic carbocycles. The third-order valence-electron chi connectivity index (χ3n) is 3.14. The third kappa shape index (κ3) is 4.52. The Kier molecular flexibility index (Phi) is 5.09. The number of nitrogens with two attached hydrogens (primary N) is 1. The van der Waals surface area contributed by atoms with E-state index in [1.165, 1.54) is 0 Å². The fraction of sp³-hybridized carbons (Fsp3) is 0.900. The maximum atomic E-state index is 12.0. The van der Waals surface area contributed by atoms with Gasteiger partial charge in [-0.15, -0.1) is 0 Å². The first-order valence-electron chi connectivity index (χ1n) is 5.98. The van der Waals surface area contributed by atoms with E-state index in [1.807, 2.05) is 13.8 Å². The molecule has 1 saturated heterocycles. The molecule has 7 nitrogen and oxygen atoms in total. The quantitative estimate of drug-likeness (QED) is 0.543. The SMILES string of the molecule is CC(C)(C(=O)NCCS(N)(=O)=O)N1CCNCC1. The Labute approximate surface area is 108 Å². The minimum Gasteiger partial charge on any atom is -0.353 e. The van der Waals surface area contributed by atoms with Crippen molar-refractivity contribution < 1.29 is 13.2 Å². The Balaban J connectivity index is 2.48. The number of rotatable bonds is 5. The standard InChI is InChI=1S/C10H22N4O3S/c1-10(2,14-6-3-12-4-7-14)9(15)13-5-8-18(11,16)17/h12H,3-8H2,1-2H3,(H,13,15)(H2,11,16,17). The number of primary sulfonamides is 1. The molecule has 0 aromatic heterocycles. The normalized spacial score (nSPS) is 18.6. The predicted molar refractivity (Wildman–Crippen MR) is 69.5 cm³/mol. The minimum atomic E-state index is -3.53. The molecule has 0 bridgehead atoms. The van der Waals surface area contributed by atoms with Gasteiger partial charge in [0.05, 0.1) is 11.3 Å². The van der Waals surface area contributed by atoms with Gasteiger partial charge in [-0.25, -0.2) is 13.6 Å². The van der Waals surface area contributed by atoms with Crippen molar-refractivity contribution in [2.24, 2.45) is 5.14 Å². The first-order chi connectivity index (χ1) is 8.23. The Morgan fingerprint density at radius 3 is 2.44 bits per heavy atom. The van der Waals surface area contributed by atoms with Crippen LogP contribution in [0.4, 0.5) is 0 Å². The summed E-state index contributed by atoms with van der Waals surface area (Å²) in [6.07, 6.45) is 0. The lowest BCUT2D eigenvalue weighted by molar-refractivity contribution is -0.132. The average Bonchev–Trinajstić information content (AvgIpc) is 2.28. The van der Waals surface area contributed by atoms with Crippen molar-refractivity contribution in [3.63, 3.8) is 0 Å². The molecule has 0 aromatic rings. The maximum Gasteiger partial charge on any atom is 0.239 e. The highest BCUT2D eigenvalue weighted by molar-refractivity contribution is 7.89. The van der Waals surface area contributed by atoms with Crippen LogP contribution < -0.4 is 15.8 Å². The molecule has 18 heavy (non-hydrogen) atoms. The summed E-state index contributed by atoms with van der Waals surface area (Å²) in [6.45, 7) is 7.04. The van der Waals surface area contributed by atoms with E-state index in [1.54, 1.807) is 0 Å². The molecular formula is C10H22N4O3S. The summed E-state index contributed by atoms with van der Waals surface area (Å²) >= 11 is 0. The van der Waals surface area contributed by atoms with Crippen LogP contribution in [-0.4, -0.2) is 63.2 Å². The highest BCUT2D eigenvalue weighted by atomic mass is 32.2. The topological polar surface area (TPSA) is 105 Å². The second-order valence-corrected chi connectivity index (χ2v) is 6.65. The molecule has 0 saturated carbocycles. The van der Waals surface area contributed by atoms with Gasteiger partial charge in [-0.1, -0.05) is 0 Å². The van der Waals surface area contributed by atoms with Gasteiger partial charge < -0.3 is 10.6 Å². The molecule has 1 fully saturated rings. The third-order valence-corrected chi connectivity index (χ3v) is 3.91. The number of nitrogens with zero attached hydrogens (tertiary/aromatic N) is 1. The molecule has 0 atom stereocenters. The molecule has 1 heterocycles. The molecular weight excluding hydrogens is 256 g/mol. The van der Waals surface area contributed by atoms with Gasteiger partial charge >= 0.3 is 0 Å². The molecule has 8 heteroatoms. The first kappa shape index (κ1) is 15.4. The summed E-state index contributed by atoms with van der Waals surface area (Å²) in [5.41, 5.74) is -0.638. The van der Waals surface area contributed by atoms with Gasteiger partial charge in [-0.2, -0.15) is 0 Å². The molecule has 0 aliphatic carbocycles. The van der Waals surface area contributed by atoms with E-state index in [4.69, 9.17) is 5.14 Å². The Hall–Kier alpha value is -0.700. The summed E-state index contributed by atoms with van der Waals surface area (Å²) < 4.78 is 21.5. The largest absolute Gasteiger partial charge is 0.353 e. The fourth-order valence-corrected chi connectivity index (χ4v) is 2.28. The molecule has 1 aliphatic rings. The van der Waals surface area contributed by atoms with Crippen LogP contribution in [0.25, 0.3) is 0 Å². The van der Waals surface area contributed by atoms with E-state index in [2.05, 4.69) is 15.5 Å². The Morgan fingerprint density at radius 2 is 1.94 bits per heavy atom. The fourth-order valence-electron chi connectivity index (χ4n) is 1.89. The maximum absolute atomic E-state index is 12.0. The van der Waals surface area contributed by atoms with Crippen molar-refractivity contribution in [3.8, 4) is 0 Å². The zero-order valence-corrected chi connectivity index (χ0v) is 11.7. The summed E-state index contributed by atoms with van der Waals surface area (Å²) in [5, 5.41) is 10.7. The zero-order valence-electron chi connectivity index (χ0n) is 10.9. The minimum absolute atomic E-state index is 0.0488. The van der Waals surface area contributed by atoms with Crippen LogP contribution in [0.5, 0.6) is 0 Å². The van der Waals surface area contributed by atoms with Crippen LogP contribution in [0.1, 0.15) is 13.8 Å². The van der Waals surface area contributed by atoms with Gasteiger partial charge in [0.2, 0.25) is 15.9 Å². The monoisotopic (exact) mass is 278 g/mol. The predicted octanol–water partition coefficient (Wildman–Crippen LogP) is -1.93. The van der Waals surface area contributed by atoms with E-state index >= 15 is 0 Å². The summed E-state index contributed by atoms with van der Waals surface area (Å²) in [4.78, 5) is 14.1. The summed E-state index contributed by atoms with van der Waals surface area (Å²) in [6, 6.07) is 0. The molecule has 1 amide bonds. The van der Waals surface area contributed by atoms with E-state index in [-0.39, 0.29) is 18.2 Å².